The minimum absolute atomic E-state index is 0.0845. The summed E-state index contributed by atoms with van der Waals surface area (Å²) < 4.78 is 2.01. The third-order valence-corrected chi connectivity index (χ3v) is 5.37. The van der Waals surface area contributed by atoms with Crippen molar-refractivity contribution in [3.8, 4) is 0 Å². The van der Waals surface area contributed by atoms with Gasteiger partial charge in [-0.2, -0.15) is 5.10 Å². The molecule has 0 aliphatic heterocycles. The van der Waals surface area contributed by atoms with E-state index in [4.69, 9.17) is 0 Å². The summed E-state index contributed by atoms with van der Waals surface area (Å²) in [5.41, 5.74) is 1.16. The Morgan fingerprint density at radius 2 is 1.94 bits per heavy atom. The third kappa shape index (κ3) is 1.79. The molecule has 0 spiro atoms. The molecule has 0 atom stereocenters. The van der Waals surface area contributed by atoms with E-state index in [2.05, 4.69) is 54.0 Å². The molecule has 0 bridgehead atoms. The van der Waals surface area contributed by atoms with Crippen molar-refractivity contribution in [2.75, 3.05) is 5.32 Å². The van der Waals surface area contributed by atoms with Crippen LogP contribution in [0, 0.1) is 10.8 Å². The zero-order valence-electron chi connectivity index (χ0n) is 11.5. The highest BCUT2D eigenvalue weighted by Gasteiger charge is 2.65. The van der Waals surface area contributed by atoms with Crippen molar-refractivity contribution in [3.63, 3.8) is 0 Å². The number of rotatable bonds is 3. The molecule has 0 amide bonds. The molecule has 1 aliphatic carbocycles. The van der Waals surface area contributed by atoms with Gasteiger partial charge in [0.1, 0.15) is 4.47 Å². The molecule has 0 unspecified atom stereocenters. The van der Waals surface area contributed by atoms with Gasteiger partial charge in [0.15, 0.2) is 0 Å². The molecule has 5 heteroatoms. The van der Waals surface area contributed by atoms with E-state index in [1.54, 1.807) is 6.20 Å². The van der Waals surface area contributed by atoms with Crippen molar-refractivity contribution in [1.82, 2.24) is 9.78 Å². The minimum atomic E-state index is -0.0845. The predicted octanol–water partition coefficient (Wildman–Crippen LogP) is 2.87. The van der Waals surface area contributed by atoms with Gasteiger partial charge in [0.2, 0.25) is 0 Å². The molecule has 2 rings (SSSR count). The van der Waals surface area contributed by atoms with Crippen LogP contribution < -0.4 is 10.9 Å². The molecular formula is C13H20BrN3O. The highest BCUT2D eigenvalue weighted by atomic mass is 79.9. The van der Waals surface area contributed by atoms with Gasteiger partial charge in [-0.15, -0.1) is 0 Å². The Bertz CT molecular complexity index is 520. The van der Waals surface area contributed by atoms with E-state index in [0.717, 1.165) is 5.69 Å². The normalized spacial score (nSPS) is 20.8. The van der Waals surface area contributed by atoms with E-state index >= 15 is 0 Å². The molecule has 1 heterocycles. The summed E-state index contributed by atoms with van der Waals surface area (Å²) >= 11 is 3.37. The molecule has 4 nitrogen and oxygen atoms in total. The Balaban J connectivity index is 2.28. The SMILES string of the molecule is CCn1ncc(NC2C(C)(C)C2(C)C)c(Br)c1=O. The first-order valence-electron chi connectivity index (χ1n) is 6.25. The highest BCUT2D eigenvalue weighted by molar-refractivity contribution is 9.10. The Hall–Kier alpha value is -0.840. The predicted molar refractivity (Wildman–Crippen MR) is 76.8 cm³/mol. The number of hydrogen-bond donors (Lipinski definition) is 1. The van der Waals surface area contributed by atoms with Gasteiger partial charge in [-0.25, -0.2) is 4.68 Å². The van der Waals surface area contributed by atoms with Gasteiger partial charge in [0.05, 0.1) is 11.9 Å². The van der Waals surface area contributed by atoms with Crippen LogP contribution in [-0.4, -0.2) is 15.8 Å². The molecule has 0 aromatic carbocycles. The second-order valence-corrected chi connectivity index (χ2v) is 6.81. The molecule has 1 aromatic heterocycles. The minimum Gasteiger partial charge on any atom is -0.379 e. The molecule has 1 aliphatic rings. The van der Waals surface area contributed by atoms with E-state index in [1.165, 1.54) is 4.68 Å². The Kier molecular flexibility index (Phi) is 3.08. The van der Waals surface area contributed by atoms with Crippen LogP contribution in [0.15, 0.2) is 15.5 Å². The van der Waals surface area contributed by atoms with E-state index in [0.29, 0.717) is 17.1 Å². The van der Waals surface area contributed by atoms with Crippen molar-refractivity contribution in [2.45, 2.75) is 47.2 Å². The largest absolute Gasteiger partial charge is 0.379 e. The lowest BCUT2D eigenvalue weighted by Gasteiger charge is -2.11. The molecule has 1 N–H and O–H groups in total. The summed E-state index contributed by atoms with van der Waals surface area (Å²) in [6.07, 6.45) is 1.72. The molecule has 1 saturated carbocycles. The quantitative estimate of drug-likeness (QED) is 0.933. The van der Waals surface area contributed by atoms with Gasteiger partial charge >= 0.3 is 0 Å². The van der Waals surface area contributed by atoms with Crippen LogP contribution in [0.5, 0.6) is 0 Å². The summed E-state index contributed by atoms with van der Waals surface area (Å²) in [7, 11) is 0. The van der Waals surface area contributed by atoms with Gasteiger partial charge in [0, 0.05) is 12.6 Å². The van der Waals surface area contributed by atoms with E-state index in [9.17, 15) is 4.79 Å². The maximum absolute atomic E-state index is 12.0. The number of hydrogen-bond acceptors (Lipinski definition) is 3. The fraction of sp³-hybridized carbons (Fsp3) is 0.692. The number of halogens is 1. The van der Waals surface area contributed by atoms with E-state index in [-0.39, 0.29) is 16.4 Å². The monoisotopic (exact) mass is 313 g/mol. The molecule has 1 aromatic rings. The van der Waals surface area contributed by atoms with Crippen LogP contribution in [0.2, 0.25) is 0 Å². The number of aryl methyl sites for hydroxylation is 1. The fourth-order valence-electron chi connectivity index (χ4n) is 2.50. The summed E-state index contributed by atoms with van der Waals surface area (Å²) in [6.45, 7) is 11.4. The van der Waals surface area contributed by atoms with Crippen molar-refractivity contribution in [3.05, 3.63) is 21.0 Å². The number of nitrogens with zero attached hydrogens (tertiary/aromatic N) is 2. The Morgan fingerprint density at radius 3 is 2.39 bits per heavy atom. The first-order valence-corrected chi connectivity index (χ1v) is 7.05. The number of anilines is 1. The maximum Gasteiger partial charge on any atom is 0.283 e. The lowest BCUT2D eigenvalue weighted by Crippen LogP contribution is -2.24. The zero-order chi connectivity index (χ0) is 13.7. The van der Waals surface area contributed by atoms with Gasteiger partial charge < -0.3 is 5.32 Å². The van der Waals surface area contributed by atoms with Gasteiger partial charge in [0.25, 0.3) is 5.56 Å². The average molecular weight is 314 g/mol. The Labute approximate surface area is 116 Å². The second kappa shape index (κ2) is 4.08. The van der Waals surface area contributed by atoms with E-state index < -0.39 is 0 Å². The third-order valence-electron chi connectivity index (χ3n) is 4.60. The first-order chi connectivity index (χ1) is 8.23. The standard InChI is InChI=1S/C13H20BrN3O/c1-6-17-10(18)9(14)8(7-15-17)16-11-12(2,3)13(11,4)5/h7,11,16H,6H2,1-5H3. The lowest BCUT2D eigenvalue weighted by molar-refractivity contribution is 0.457. The fourth-order valence-corrected chi connectivity index (χ4v) is 2.93. The lowest BCUT2D eigenvalue weighted by atomic mass is 10.0. The highest BCUT2D eigenvalue weighted by Crippen LogP contribution is 2.63. The maximum atomic E-state index is 12.0. The van der Waals surface area contributed by atoms with Crippen LogP contribution in [-0.2, 0) is 6.54 Å². The number of nitrogens with one attached hydrogen (secondary N) is 1. The summed E-state index contributed by atoms with van der Waals surface area (Å²) in [4.78, 5) is 12.0. The van der Waals surface area contributed by atoms with Crippen LogP contribution in [0.4, 0.5) is 5.69 Å². The molecule has 0 radical (unpaired) electrons. The van der Waals surface area contributed by atoms with Crippen LogP contribution in [0.1, 0.15) is 34.6 Å². The van der Waals surface area contributed by atoms with E-state index in [1.807, 2.05) is 6.92 Å². The topological polar surface area (TPSA) is 46.9 Å². The second-order valence-electron chi connectivity index (χ2n) is 6.01. The van der Waals surface area contributed by atoms with Gasteiger partial charge in [-0.1, -0.05) is 27.7 Å². The summed E-state index contributed by atoms with van der Waals surface area (Å²) in [6, 6.07) is 0.361. The van der Waals surface area contributed by atoms with Crippen molar-refractivity contribution in [1.29, 1.82) is 0 Å². The molecular weight excluding hydrogens is 294 g/mol. The molecule has 100 valence electrons. The van der Waals surface area contributed by atoms with Gasteiger partial charge in [-0.3, -0.25) is 4.79 Å². The molecule has 1 fully saturated rings. The van der Waals surface area contributed by atoms with Crippen LogP contribution >= 0.6 is 15.9 Å². The summed E-state index contributed by atoms with van der Waals surface area (Å²) in [5.74, 6) is 0. The van der Waals surface area contributed by atoms with Crippen LogP contribution in [0.3, 0.4) is 0 Å². The van der Waals surface area contributed by atoms with Crippen LogP contribution in [0.25, 0.3) is 0 Å². The number of aromatic nitrogens is 2. The van der Waals surface area contributed by atoms with Crippen molar-refractivity contribution in [2.24, 2.45) is 10.8 Å². The summed E-state index contributed by atoms with van der Waals surface area (Å²) in [5, 5.41) is 7.58. The Morgan fingerprint density at radius 1 is 1.39 bits per heavy atom. The average Bonchev–Trinajstić information content (AvgIpc) is 2.67. The van der Waals surface area contributed by atoms with Crippen molar-refractivity contribution < 1.29 is 0 Å². The smallest absolute Gasteiger partial charge is 0.283 e. The molecule has 0 saturated heterocycles. The first kappa shape index (κ1) is 13.6. The van der Waals surface area contributed by atoms with Gasteiger partial charge in [-0.05, 0) is 33.7 Å². The molecule has 18 heavy (non-hydrogen) atoms. The zero-order valence-corrected chi connectivity index (χ0v) is 13.1. The van der Waals surface area contributed by atoms with Crippen molar-refractivity contribution >= 4 is 21.6 Å².